The summed E-state index contributed by atoms with van der Waals surface area (Å²) in [4.78, 5) is 16.5. The van der Waals surface area contributed by atoms with Gasteiger partial charge in [0.15, 0.2) is 17.5 Å². The first-order valence-electron chi connectivity index (χ1n) is 22.6. The molecule has 0 spiro atoms. The molecule has 67 heavy (non-hydrogen) atoms. The summed E-state index contributed by atoms with van der Waals surface area (Å²) >= 11 is 3.65. The van der Waals surface area contributed by atoms with Crippen molar-refractivity contribution in [1.82, 2.24) is 19.5 Å². The molecule has 0 N–H and O–H groups in total. The van der Waals surface area contributed by atoms with Gasteiger partial charge in [0.2, 0.25) is 0 Å². The van der Waals surface area contributed by atoms with E-state index < -0.39 is 0 Å². The summed E-state index contributed by atoms with van der Waals surface area (Å²) in [5.74, 6) is 1.91. The first kappa shape index (κ1) is 37.0. The fourth-order valence-electron chi connectivity index (χ4n) is 10.6. The molecule has 0 fully saturated rings. The van der Waals surface area contributed by atoms with Crippen LogP contribution in [0.25, 0.3) is 145 Å². The molecule has 0 amide bonds. The van der Waals surface area contributed by atoms with Crippen LogP contribution in [-0.2, 0) is 0 Å². The van der Waals surface area contributed by atoms with Crippen LogP contribution in [0.1, 0.15) is 0 Å². The number of aromatic nitrogens is 4. The molecule has 15 aromatic rings. The van der Waals surface area contributed by atoms with Crippen LogP contribution in [0.4, 0.5) is 0 Å². The topological polar surface area (TPSA) is 43.6 Å². The maximum atomic E-state index is 5.60. The van der Waals surface area contributed by atoms with E-state index in [0.717, 1.165) is 38.8 Å². The molecule has 4 aromatic heterocycles. The van der Waals surface area contributed by atoms with E-state index in [2.05, 4.69) is 211 Å². The van der Waals surface area contributed by atoms with Crippen molar-refractivity contribution in [1.29, 1.82) is 0 Å². The second kappa shape index (κ2) is 14.1. The molecule has 6 heteroatoms. The zero-order valence-electron chi connectivity index (χ0n) is 35.7. The van der Waals surface area contributed by atoms with Crippen LogP contribution in [0.3, 0.4) is 0 Å². The van der Waals surface area contributed by atoms with E-state index in [-0.39, 0.29) is 0 Å². The van der Waals surface area contributed by atoms with Gasteiger partial charge < -0.3 is 4.57 Å². The molecule has 0 bridgehead atoms. The third kappa shape index (κ3) is 5.55. The van der Waals surface area contributed by atoms with Gasteiger partial charge in [-0.2, -0.15) is 0 Å². The van der Waals surface area contributed by atoms with Crippen molar-refractivity contribution in [3.63, 3.8) is 0 Å². The quantitative estimate of drug-likeness (QED) is 0.177. The average Bonchev–Trinajstić information content (AvgIpc) is 4.06. The van der Waals surface area contributed by atoms with Gasteiger partial charge in [0.1, 0.15) is 0 Å². The molecule has 4 heterocycles. The average molecular weight is 887 g/mol. The smallest absolute Gasteiger partial charge is 0.166 e. The van der Waals surface area contributed by atoms with Gasteiger partial charge in [-0.05, 0) is 97.7 Å². The van der Waals surface area contributed by atoms with E-state index in [1.807, 2.05) is 11.3 Å². The largest absolute Gasteiger partial charge is 0.307 e. The lowest BCUT2D eigenvalue weighted by atomic mass is 10.0. The lowest BCUT2D eigenvalue weighted by molar-refractivity contribution is 1.07. The van der Waals surface area contributed by atoms with Crippen molar-refractivity contribution in [3.8, 4) is 39.9 Å². The minimum absolute atomic E-state index is 0.627. The lowest BCUT2D eigenvalue weighted by Gasteiger charge is -2.16. The highest BCUT2D eigenvalue weighted by Gasteiger charge is 2.25. The predicted molar refractivity (Wildman–Crippen MR) is 286 cm³/mol. The van der Waals surface area contributed by atoms with Gasteiger partial charge in [0.05, 0.1) is 21.4 Å². The summed E-state index contributed by atoms with van der Waals surface area (Å²) in [7, 11) is 0. The Hall–Kier alpha value is -8.29. The Morgan fingerprint density at radius 2 is 0.866 bits per heavy atom. The van der Waals surface area contributed by atoms with E-state index in [0.29, 0.717) is 17.5 Å². The molecule has 0 saturated heterocycles. The van der Waals surface area contributed by atoms with Gasteiger partial charge in [-0.1, -0.05) is 152 Å². The molecule has 0 aliphatic rings. The summed E-state index contributed by atoms with van der Waals surface area (Å²) < 4.78 is 7.35. The zero-order valence-corrected chi connectivity index (χ0v) is 37.4. The summed E-state index contributed by atoms with van der Waals surface area (Å²) in [5.41, 5.74) is 6.22. The second-order valence-electron chi connectivity index (χ2n) is 17.5. The van der Waals surface area contributed by atoms with E-state index in [9.17, 15) is 0 Å². The Bertz CT molecular complexity index is 4500. The molecule has 4 nitrogen and oxygen atoms in total. The van der Waals surface area contributed by atoms with Gasteiger partial charge in [0.25, 0.3) is 0 Å². The van der Waals surface area contributed by atoms with Crippen molar-refractivity contribution in [2.24, 2.45) is 0 Å². The van der Waals surface area contributed by atoms with E-state index in [1.54, 1.807) is 11.3 Å². The fourth-order valence-corrected chi connectivity index (χ4v) is 13.1. The molecule has 15 rings (SSSR count). The third-order valence-electron chi connectivity index (χ3n) is 13.8. The Morgan fingerprint density at radius 1 is 0.313 bits per heavy atom. The molecule has 0 aliphatic heterocycles. The van der Waals surface area contributed by atoms with Crippen LogP contribution >= 0.6 is 22.7 Å². The maximum absolute atomic E-state index is 5.60. The standard InChI is InChI=1S/C61H34N4S2/c1-2-14-37-30-42(25-24-35(37)12-1)59-62-60(64-61(63-59)48-22-11-21-45-44-20-9-10-23-53(44)66-57(45)48)47-28-27-46-55-43-19-8-7-13-36(43)26-29-54(55)67-58(46)56(47)65-51-33-40-17-5-3-15-38(40)31-49(51)50-32-39-16-4-6-18-41(39)34-52(50)65/h1-34H. The zero-order chi connectivity index (χ0) is 43.7. The van der Waals surface area contributed by atoms with E-state index in [4.69, 9.17) is 15.0 Å². The summed E-state index contributed by atoms with van der Waals surface area (Å²) in [6.07, 6.45) is 0. The molecule has 11 aromatic carbocycles. The minimum Gasteiger partial charge on any atom is -0.307 e. The van der Waals surface area contributed by atoms with Crippen LogP contribution in [0.15, 0.2) is 206 Å². The third-order valence-corrected chi connectivity index (χ3v) is 16.2. The minimum atomic E-state index is 0.627. The molecule has 0 atom stereocenters. The summed E-state index contributed by atoms with van der Waals surface area (Å²) in [5, 5.41) is 16.9. The first-order valence-corrected chi connectivity index (χ1v) is 24.2. The predicted octanol–water partition coefficient (Wildman–Crippen LogP) is 17.3. The normalized spacial score (nSPS) is 12.2. The lowest BCUT2D eigenvalue weighted by Crippen LogP contribution is -2.04. The SMILES string of the molecule is c1ccc2cc(-c3nc(-c4ccc5c(sc6ccc7ccccc7c65)c4-n4c5cc6ccccc6cc5c5cc6ccccc6cc54)nc(-c4cccc5c4sc4ccccc45)n3)ccc2c1. The van der Waals surface area contributed by atoms with Crippen LogP contribution in [0, 0.1) is 0 Å². The van der Waals surface area contributed by atoms with Gasteiger partial charge in [-0.15, -0.1) is 22.7 Å². The number of benzene rings is 11. The molecule has 310 valence electrons. The number of hydrogen-bond acceptors (Lipinski definition) is 5. The molecule has 0 saturated carbocycles. The van der Waals surface area contributed by atoms with E-state index >= 15 is 0 Å². The highest BCUT2D eigenvalue weighted by atomic mass is 32.1. The van der Waals surface area contributed by atoms with E-state index in [1.165, 1.54) is 88.8 Å². The number of rotatable bonds is 4. The molecule has 0 aliphatic carbocycles. The van der Waals surface area contributed by atoms with Crippen LogP contribution < -0.4 is 0 Å². The van der Waals surface area contributed by atoms with Gasteiger partial charge >= 0.3 is 0 Å². The Morgan fingerprint density at radius 3 is 1.60 bits per heavy atom. The van der Waals surface area contributed by atoms with Gasteiger partial charge in [0, 0.05) is 63.1 Å². The number of thiophene rings is 2. The highest BCUT2D eigenvalue weighted by molar-refractivity contribution is 7.26. The Balaban J connectivity index is 1.11. The summed E-state index contributed by atoms with van der Waals surface area (Å²) in [6.45, 7) is 0. The number of fused-ring (bicyclic) bond motifs is 14. The van der Waals surface area contributed by atoms with Gasteiger partial charge in [-0.3, -0.25) is 0 Å². The Kier molecular flexibility index (Phi) is 7.79. The van der Waals surface area contributed by atoms with Crippen molar-refractivity contribution in [2.75, 3.05) is 0 Å². The maximum Gasteiger partial charge on any atom is 0.166 e. The van der Waals surface area contributed by atoms with Gasteiger partial charge in [-0.25, -0.2) is 15.0 Å². The fraction of sp³-hybridized carbons (Fsp3) is 0. The molecule has 0 radical (unpaired) electrons. The molecule has 0 unspecified atom stereocenters. The molecular weight excluding hydrogens is 853 g/mol. The van der Waals surface area contributed by atoms with Crippen LogP contribution in [0.2, 0.25) is 0 Å². The van der Waals surface area contributed by atoms with Crippen LogP contribution in [-0.4, -0.2) is 19.5 Å². The van der Waals surface area contributed by atoms with Crippen LogP contribution in [0.5, 0.6) is 0 Å². The molecular formula is C61H34N4S2. The summed E-state index contributed by atoms with van der Waals surface area (Å²) in [6, 6.07) is 75.0. The Labute approximate surface area is 391 Å². The van der Waals surface area contributed by atoms with Crippen molar-refractivity contribution < 1.29 is 0 Å². The monoisotopic (exact) mass is 886 g/mol. The van der Waals surface area contributed by atoms with Crippen molar-refractivity contribution in [3.05, 3.63) is 206 Å². The number of hydrogen-bond donors (Lipinski definition) is 0. The second-order valence-corrected chi connectivity index (χ2v) is 19.6. The number of nitrogens with zero attached hydrogens (tertiary/aromatic N) is 4. The van der Waals surface area contributed by atoms with Crippen molar-refractivity contribution >= 4 is 128 Å². The first-order chi connectivity index (χ1) is 33.2. The van der Waals surface area contributed by atoms with Crippen molar-refractivity contribution in [2.45, 2.75) is 0 Å². The highest BCUT2D eigenvalue weighted by Crippen LogP contribution is 2.48.